The van der Waals surface area contributed by atoms with Crippen molar-refractivity contribution in [3.05, 3.63) is 42.5 Å². The van der Waals surface area contributed by atoms with Crippen molar-refractivity contribution in [3.8, 4) is 0 Å². The summed E-state index contributed by atoms with van der Waals surface area (Å²) >= 11 is 0. The molecule has 0 aromatic carbocycles. The number of aromatic nitrogens is 4. The predicted molar refractivity (Wildman–Crippen MR) is 68.4 cm³/mol. The molecule has 1 fully saturated rings. The Balaban J connectivity index is 1.63. The maximum Gasteiger partial charge on any atom is 0.253 e. The highest BCUT2D eigenvalue weighted by atomic mass is 16.2. The average Bonchev–Trinajstić information content (AvgIpc) is 3.02. The second-order valence-corrected chi connectivity index (χ2v) is 4.61. The van der Waals surface area contributed by atoms with E-state index in [4.69, 9.17) is 0 Å². The van der Waals surface area contributed by atoms with E-state index in [0.29, 0.717) is 11.6 Å². The van der Waals surface area contributed by atoms with Crippen molar-refractivity contribution >= 4 is 5.91 Å². The molecule has 0 radical (unpaired) electrons. The molecule has 6 heteroatoms. The fraction of sp³-hybridized carbons (Fsp3) is 0.385. The number of rotatable bonds is 2. The van der Waals surface area contributed by atoms with Crippen molar-refractivity contribution < 1.29 is 4.79 Å². The summed E-state index contributed by atoms with van der Waals surface area (Å²) < 4.78 is 0. The molecule has 19 heavy (non-hydrogen) atoms. The lowest BCUT2D eigenvalue weighted by Gasteiger charge is -2.31. The van der Waals surface area contributed by atoms with Crippen molar-refractivity contribution in [1.29, 1.82) is 0 Å². The summed E-state index contributed by atoms with van der Waals surface area (Å²) in [6.07, 6.45) is 8.46. The highest BCUT2D eigenvalue weighted by molar-refractivity contribution is 5.94. The molecule has 0 N–H and O–H groups in total. The molecule has 0 atom stereocenters. The fourth-order valence-corrected chi connectivity index (χ4v) is 2.39. The summed E-state index contributed by atoms with van der Waals surface area (Å²) in [5.74, 6) is 0.0780. The van der Waals surface area contributed by atoms with E-state index in [-0.39, 0.29) is 5.91 Å². The molecule has 6 nitrogen and oxygen atoms in total. The molecule has 0 saturated carbocycles. The first-order valence-corrected chi connectivity index (χ1v) is 6.40. The largest absolute Gasteiger partial charge is 0.338 e. The third-order valence-electron chi connectivity index (χ3n) is 3.44. The molecular formula is C13H15N5O. The summed E-state index contributed by atoms with van der Waals surface area (Å²) in [6.45, 7) is 1.49. The molecule has 1 amide bonds. The van der Waals surface area contributed by atoms with Gasteiger partial charge in [0.15, 0.2) is 0 Å². The number of nitrogens with zero attached hydrogens (tertiary/aromatic N) is 5. The van der Waals surface area contributed by atoms with Gasteiger partial charge in [-0.2, -0.15) is 15.0 Å². The molecule has 2 aromatic heterocycles. The molecule has 0 spiro atoms. The van der Waals surface area contributed by atoms with Crippen molar-refractivity contribution in [1.82, 2.24) is 24.9 Å². The number of hydrogen-bond donors (Lipinski definition) is 0. The van der Waals surface area contributed by atoms with Gasteiger partial charge in [0, 0.05) is 31.0 Å². The van der Waals surface area contributed by atoms with Crippen molar-refractivity contribution in [2.75, 3.05) is 13.1 Å². The maximum absolute atomic E-state index is 12.3. The minimum Gasteiger partial charge on any atom is -0.338 e. The van der Waals surface area contributed by atoms with Crippen molar-refractivity contribution in [2.24, 2.45) is 0 Å². The van der Waals surface area contributed by atoms with Crippen molar-refractivity contribution in [2.45, 2.75) is 18.9 Å². The lowest BCUT2D eigenvalue weighted by atomic mass is 10.0. The molecular weight excluding hydrogens is 242 g/mol. The topological polar surface area (TPSA) is 63.9 Å². The van der Waals surface area contributed by atoms with Crippen LogP contribution in [-0.4, -0.2) is 43.9 Å². The SMILES string of the molecule is O=C(c1ccncc1)N1CCC(n2nccn2)CC1. The molecule has 3 heterocycles. The fourth-order valence-electron chi connectivity index (χ4n) is 2.39. The van der Waals surface area contributed by atoms with Crippen LogP contribution in [0.2, 0.25) is 0 Å². The predicted octanol–water partition coefficient (Wildman–Crippen LogP) is 1.15. The minimum atomic E-state index is 0.0780. The van der Waals surface area contributed by atoms with Gasteiger partial charge in [-0.05, 0) is 25.0 Å². The van der Waals surface area contributed by atoms with E-state index in [2.05, 4.69) is 15.2 Å². The summed E-state index contributed by atoms with van der Waals surface area (Å²) in [7, 11) is 0. The standard InChI is InChI=1S/C13H15N5O/c19-13(11-1-5-14-6-2-11)17-9-3-12(4-10-17)18-15-7-8-16-18/h1-2,5-8,12H,3-4,9-10H2. The van der Waals surface area contributed by atoms with Crippen LogP contribution in [0, 0.1) is 0 Å². The highest BCUT2D eigenvalue weighted by Crippen LogP contribution is 2.21. The summed E-state index contributed by atoms with van der Waals surface area (Å²) in [5.41, 5.74) is 0.700. The number of carbonyl (C=O) groups is 1. The minimum absolute atomic E-state index is 0.0780. The van der Waals surface area contributed by atoms with Crippen LogP contribution in [-0.2, 0) is 0 Å². The van der Waals surface area contributed by atoms with E-state index < -0.39 is 0 Å². The third-order valence-corrected chi connectivity index (χ3v) is 3.44. The third kappa shape index (κ3) is 2.47. The van der Waals surface area contributed by atoms with Gasteiger partial charge in [-0.1, -0.05) is 0 Å². The number of amides is 1. The molecule has 1 aliphatic rings. The Morgan fingerprint density at radius 3 is 2.32 bits per heavy atom. The zero-order valence-corrected chi connectivity index (χ0v) is 10.5. The van der Waals surface area contributed by atoms with Gasteiger partial charge in [0.2, 0.25) is 0 Å². The number of hydrogen-bond acceptors (Lipinski definition) is 4. The lowest BCUT2D eigenvalue weighted by molar-refractivity contribution is 0.0683. The van der Waals surface area contributed by atoms with Gasteiger partial charge in [0.1, 0.15) is 0 Å². The van der Waals surface area contributed by atoms with E-state index in [9.17, 15) is 4.79 Å². The molecule has 2 aromatic rings. The lowest BCUT2D eigenvalue weighted by Crippen LogP contribution is -2.39. The first-order valence-electron chi connectivity index (χ1n) is 6.40. The monoisotopic (exact) mass is 257 g/mol. The molecule has 3 rings (SSSR count). The summed E-state index contributed by atoms with van der Waals surface area (Å²) in [5, 5.41) is 8.32. The van der Waals surface area contributed by atoms with E-state index in [1.165, 1.54) is 0 Å². The normalized spacial score (nSPS) is 16.5. The highest BCUT2D eigenvalue weighted by Gasteiger charge is 2.25. The molecule has 1 aliphatic heterocycles. The Morgan fingerprint density at radius 2 is 1.68 bits per heavy atom. The van der Waals surface area contributed by atoms with Crippen LogP contribution in [0.3, 0.4) is 0 Å². The zero-order chi connectivity index (χ0) is 13.1. The average molecular weight is 257 g/mol. The van der Waals surface area contributed by atoms with Crippen LogP contribution in [0.4, 0.5) is 0 Å². The Kier molecular flexibility index (Phi) is 3.22. The van der Waals surface area contributed by atoms with E-state index in [0.717, 1.165) is 25.9 Å². The Hall–Kier alpha value is -2.24. The first-order chi connectivity index (χ1) is 9.34. The Morgan fingerprint density at radius 1 is 1.05 bits per heavy atom. The van der Waals surface area contributed by atoms with Crippen LogP contribution >= 0.6 is 0 Å². The number of carbonyl (C=O) groups excluding carboxylic acids is 1. The molecule has 0 bridgehead atoms. The second-order valence-electron chi connectivity index (χ2n) is 4.61. The number of pyridine rings is 1. The van der Waals surface area contributed by atoms with Crippen LogP contribution in [0.1, 0.15) is 29.2 Å². The number of likely N-dealkylation sites (tertiary alicyclic amines) is 1. The first kappa shape index (κ1) is 11.8. The van der Waals surface area contributed by atoms with Crippen molar-refractivity contribution in [3.63, 3.8) is 0 Å². The molecule has 0 aliphatic carbocycles. The van der Waals surface area contributed by atoms with E-state index in [1.54, 1.807) is 41.7 Å². The van der Waals surface area contributed by atoms with Gasteiger partial charge in [-0.3, -0.25) is 9.78 Å². The van der Waals surface area contributed by atoms with Gasteiger partial charge in [0.25, 0.3) is 5.91 Å². The number of piperidine rings is 1. The van der Waals surface area contributed by atoms with Gasteiger partial charge in [-0.15, -0.1) is 0 Å². The summed E-state index contributed by atoms with van der Waals surface area (Å²) in [4.78, 5) is 19.8. The van der Waals surface area contributed by atoms with Crippen LogP contribution in [0.15, 0.2) is 36.9 Å². The van der Waals surface area contributed by atoms with E-state index >= 15 is 0 Å². The summed E-state index contributed by atoms with van der Waals surface area (Å²) in [6, 6.07) is 3.81. The quantitative estimate of drug-likeness (QED) is 0.809. The van der Waals surface area contributed by atoms with Gasteiger partial charge >= 0.3 is 0 Å². The van der Waals surface area contributed by atoms with Gasteiger partial charge in [-0.25, -0.2) is 0 Å². The van der Waals surface area contributed by atoms with E-state index in [1.807, 2.05) is 4.90 Å². The van der Waals surface area contributed by atoms with Crippen LogP contribution in [0.5, 0.6) is 0 Å². The second kappa shape index (κ2) is 5.17. The van der Waals surface area contributed by atoms with Crippen LogP contribution in [0.25, 0.3) is 0 Å². The zero-order valence-electron chi connectivity index (χ0n) is 10.5. The van der Waals surface area contributed by atoms with Gasteiger partial charge in [0.05, 0.1) is 18.4 Å². The molecule has 1 saturated heterocycles. The smallest absolute Gasteiger partial charge is 0.253 e. The Bertz CT molecular complexity index is 531. The Labute approximate surface area is 111 Å². The van der Waals surface area contributed by atoms with Gasteiger partial charge < -0.3 is 4.90 Å². The maximum atomic E-state index is 12.3. The molecule has 98 valence electrons. The molecule has 0 unspecified atom stereocenters. The van der Waals surface area contributed by atoms with Crippen LogP contribution < -0.4 is 0 Å².